The third kappa shape index (κ3) is 3.62. The van der Waals surface area contributed by atoms with Crippen LogP contribution in [0.1, 0.15) is 10.4 Å². The number of carbonyl (C=O) groups excluding carboxylic acids is 2. The van der Waals surface area contributed by atoms with Gasteiger partial charge in [-0.05, 0) is 24.3 Å². The summed E-state index contributed by atoms with van der Waals surface area (Å²) in [5, 5.41) is 12.4. The summed E-state index contributed by atoms with van der Waals surface area (Å²) < 4.78 is 5.33. The van der Waals surface area contributed by atoms with E-state index in [-0.39, 0.29) is 23.6 Å². The Kier molecular flexibility index (Phi) is 4.78. The molecule has 0 radical (unpaired) electrons. The average Bonchev–Trinajstić information content (AvgIpc) is 2.62. The van der Waals surface area contributed by atoms with E-state index in [2.05, 4.69) is 5.32 Å². The van der Waals surface area contributed by atoms with Gasteiger partial charge in [0.15, 0.2) is 0 Å². The second-order valence-electron chi connectivity index (χ2n) is 5.75. The van der Waals surface area contributed by atoms with E-state index in [9.17, 15) is 14.7 Å². The minimum atomic E-state index is -0.275. The second-order valence-corrected chi connectivity index (χ2v) is 5.75. The molecule has 0 saturated carbocycles. The lowest BCUT2D eigenvalue weighted by molar-refractivity contribution is -0.137. The number of morpholine rings is 1. The van der Waals surface area contributed by atoms with Crippen LogP contribution in [0.4, 0.5) is 0 Å². The van der Waals surface area contributed by atoms with E-state index in [0.29, 0.717) is 51.5 Å². The van der Waals surface area contributed by atoms with Gasteiger partial charge in [-0.1, -0.05) is 0 Å². The van der Waals surface area contributed by atoms with Crippen molar-refractivity contribution in [1.29, 1.82) is 0 Å². The smallest absolute Gasteiger partial charge is 0.253 e. The Hall–Kier alpha value is -2.12. The zero-order chi connectivity index (χ0) is 16.2. The Balaban J connectivity index is 1.54. The van der Waals surface area contributed by atoms with Crippen LogP contribution >= 0.6 is 0 Å². The third-order valence-corrected chi connectivity index (χ3v) is 4.21. The summed E-state index contributed by atoms with van der Waals surface area (Å²) in [5.74, 6) is 0.108. The number of aromatic hydroxyl groups is 1. The van der Waals surface area contributed by atoms with E-state index < -0.39 is 0 Å². The van der Waals surface area contributed by atoms with E-state index in [4.69, 9.17) is 4.74 Å². The van der Waals surface area contributed by atoms with Crippen molar-refractivity contribution in [3.63, 3.8) is 0 Å². The molecule has 2 aliphatic rings. The van der Waals surface area contributed by atoms with Crippen LogP contribution in [0.3, 0.4) is 0 Å². The number of rotatable bonds is 2. The second kappa shape index (κ2) is 6.97. The van der Waals surface area contributed by atoms with Crippen LogP contribution in [0.25, 0.3) is 0 Å². The molecule has 0 spiro atoms. The van der Waals surface area contributed by atoms with Crippen molar-refractivity contribution in [3.8, 4) is 5.75 Å². The summed E-state index contributed by atoms with van der Waals surface area (Å²) in [6, 6.07) is 5.95. The Bertz CT molecular complexity index is 561. The number of phenolic OH excluding ortho intramolecular Hbond substituents is 1. The fourth-order valence-electron chi connectivity index (χ4n) is 2.86. The van der Waals surface area contributed by atoms with Crippen LogP contribution in [-0.4, -0.2) is 78.7 Å². The van der Waals surface area contributed by atoms with Crippen LogP contribution in [0.2, 0.25) is 0 Å². The molecular weight excluding hydrogens is 298 g/mol. The molecular formula is C16H21N3O4. The molecule has 7 heteroatoms. The van der Waals surface area contributed by atoms with E-state index in [1.54, 1.807) is 21.9 Å². The Labute approximate surface area is 134 Å². The molecule has 3 rings (SSSR count). The van der Waals surface area contributed by atoms with E-state index in [1.807, 2.05) is 0 Å². The first-order valence-corrected chi connectivity index (χ1v) is 7.83. The Morgan fingerprint density at radius 2 is 1.74 bits per heavy atom. The summed E-state index contributed by atoms with van der Waals surface area (Å²) in [6.07, 6.45) is 0. The molecule has 23 heavy (non-hydrogen) atoms. The van der Waals surface area contributed by atoms with Gasteiger partial charge in [0.2, 0.25) is 5.91 Å². The maximum Gasteiger partial charge on any atom is 0.253 e. The number of piperazine rings is 1. The monoisotopic (exact) mass is 319 g/mol. The summed E-state index contributed by atoms with van der Waals surface area (Å²) in [7, 11) is 0. The van der Waals surface area contributed by atoms with Crippen LogP contribution in [-0.2, 0) is 9.53 Å². The quantitative estimate of drug-likeness (QED) is 0.780. The van der Waals surface area contributed by atoms with Crippen LogP contribution in [0, 0.1) is 0 Å². The van der Waals surface area contributed by atoms with Crippen molar-refractivity contribution in [2.75, 3.05) is 45.9 Å². The van der Waals surface area contributed by atoms with Gasteiger partial charge in [-0.2, -0.15) is 0 Å². The largest absolute Gasteiger partial charge is 0.508 e. The summed E-state index contributed by atoms with van der Waals surface area (Å²) in [4.78, 5) is 28.3. The highest BCUT2D eigenvalue weighted by atomic mass is 16.5. The lowest BCUT2D eigenvalue weighted by Gasteiger charge is -2.37. The predicted octanol–water partition coefficient (Wildman–Crippen LogP) is -0.335. The molecule has 2 saturated heterocycles. The standard InChI is InChI=1S/C16H21N3O4/c20-13-3-1-12(2-4-13)15(21)18-6-8-19(9-7-18)16(22)14-11-23-10-5-17-14/h1-4,14,17,20H,5-11H2. The minimum absolute atomic E-state index is 0.0430. The first-order valence-electron chi connectivity index (χ1n) is 7.83. The van der Waals surface area contributed by atoms with Crippen LogP contribution in [0.5, 0.6) is 5.75 Å². The molecule has 2 fully saturated rings. The zero-order valence-electron chi connectivity index (χ0n) is 12.9. The van der Waals surface area contributed by atoms with Gasteiger partial charge < -0.3 is 25.0 Å². The number of hydrogen-bond acceptors (Lipinski definition) is 5. The molecule has 2 amide bonds. The topological polar surface area (TPSA) is 82.1 Å². The molecule has 7 nitrogen and oxygen atoms in total. The summed E-state index contributed by atoms with van der Waals surface area (Å²) in [6.45, 7) is 3.82. The molecule has 1 aromatic carbocycles. The van der Waals surface area contributed by atoms with Crippen molar-refractivity contribution >= 4 is 11.8 Å². The van der Waals surface area contributed by atoms with Gasteiger partial charge in [0.25, 0.3) is 5.91 Å². The normalized spacial score (nSPS) is 22.0. The number of carbonyl (C=O) groups is 2. The molecule has 1 aromatic rings. The minimum Gasteiger partial charge on any atom is -0.508 e. The number of benzene rings is 1. The van der Waals surface area contributed by atoms with Gasteiger partial charge >= 0.3 is 0 Å². The number of hydrogen-bond donors (Lipinski definition) is 2. The zero-order valence-corrected chi connectivity index (χ0v) is 12.9. The lowest BCUT2D eigenvalue weighted by Crippen LogP contribution is -2.57. The van der Waals surface area contributed by atoms with Crippen LogP contribution in [0.15, 0.2) is 24.3 Å². The first-order chi connectivity index (χ1) is 11.1. The highest BCUT2D eigenvalue weighted by Gasteiger charge is 2.30. The Morgan fingerprint density at radius 3 is 2.35 bits per heavy atom. The highest BCUT2D eigenvalue weighted by molar-refractivity contribution is 5.94. The SMILES string of the molecule is O=C(c1ccc(O)cc1)N1CCN(C(=O)C2COCCN2)CC1. The molecule has 2 aliphatic heterocycles. The third-order valence-electron chi connectivity index (χ3n) is 4.21. The van der Waals surface area contributed by atoms with Gasteiger partial charge in [0, 0.05) is 38.3 Å². The molecule has 1 atom stereocenters. The van der Waals surface area contributed by atoms with E-state index >= 15 is 0 Å². The van der Waals surface area contributed by atoms with Gasteiger partial charge in [0.1, 0.15) is 11.8 Å². The predicted molar refractivity (Wildman–Crippen MR) is 83.2 cm³/mol. The van der Waals surface area contributed by atoms with Crippen molar-refractivity contribution in [2.45, 2.75) is 6.04 Å². The molecule has 124 valence electrons. The fourth-order valence-corrected chi connectivity index (χ4v) is 2.86. The van der Waals surface area contributed by atoms with Gasteiger partial charge in [0.05, 0.1) is 13.2 Å². The average molecular weight is 319 g/mol. The molecule has 0 bridgehead atoms. The maximum atomic E-state index is 12.4. The number of ether oxygens (including phenoxy) is 1. The van der Waals surface area contributed by atoms with Gasteiger partial charge in [-0.15, -0.1) is 0 Å². The lowest BCUT2D eigenvalue weighted by atomic mass is 10.1. The summed E-state index contributed by atoms with van der Waals surface area (Å²) >= 11 is 0. The van der Waals surface area contributed by atoms with Gasteiger partial charge in [-0.25, -0.2) is 0 Å². The van der Waals surface area contributed by atoms with Crippen molar-refractivity contribution in [1.82, 2.24) is 15.1 Å². The molecule has 2 heterocycles. The van der Waals surface area contributed by atoms with E-state index in [0.717, 1.165) is 0 Å². The Morgan fingerprint density at radius 1 is 1.09 bits per heavy atom. The molecule has 0 aromatic heterocycles. The van der Waals surface area contributed by atoms with Crippen molar-refractivity contribution < 1.29 is 19.4 Å². The number of phenols is 1. The fraction of sp³-hybridized carbons (Fsp3) is 0.500. The first kappa shape index (κ1) is 15.8. The highest BCUT2D eigenvalue weighted by Crippen LogP contribution is 2.14. The van der Waals surface area contributed by atoms with Crippen molar-refractivity contribution in [2.24, 2.45) is 0 Å². The summed E-state index contributed by atoms with van der Waals surface area (Å²) in [5.41, 5.74) is 0.546. The van der Waals surface area contributed by atoms with Crippen LogP contribution < -0.4 is 5.32 Å². The molecule has 0 aliphatic carbocycles. The van der Waals surface area contributed by atoms with E-state index in [1.165, 1.54) is 12.1 Å². The number of nitrogens with zero attached hydrogens (tertiary/aromatic N) is 2. The number of amides is 2. The molecule has 1 unspecified atom stereocenters. The number of nitrogens with one attached hydrogen (secondary N) is 1. The van der Waals surface area contributed by atoms with Crippen molar-refractivity contribution in [3.05, 3.63) is 29.8 Å². The molecule has 2 N–H and O–H groups in total. The van der Waals surface area contributed by atoms with Gasteiger partial charge in [-0.3, -0.25) is 9.59 Å². The maximum absolute atomic E-state index is 12.4.